The fraction of sp³-hybridized carbons (Fsp3) is 0.571. The van der Waals surface area contributed by atoms with Crippen LogP contribution in [0.1, 0.15) is 42.9 Å². The molecule has 1 N–H and O–H groups in total. The number of rotatable bonds is 2. The monoisotopic (exact) mass is 258 g/mol. The largest absolute Gasteiger partial charge is 0.388 e. The van der Waals surface area contributed by atoms with Crippen molar-refractivity contribution < 1.29 is 18.3 Å². The van der Waals surface area contributed by atoms with E-state index in [4.69, 9.17) is 0 Å². The second-order valence-corrected chi connectivity index (χ2v) is 5.16. The zero-order chi connectivity index (χ0) is 13.3. The van der Waals surface area contributed by atoms with Gasteiger partial charge in [-0.1, -0.05) is 17.7 Å². The van der Waals surface area contributed by atoms with Crippen molar-refractivity contribution in [1.29, 1.82) is 0 Å². The smallest absolute Gasteiger partial charge is 0.248 e. The number of aliphatic hydroxyl groups is 1. The molecule has 18 heavy (non-hydrogen) atoms. The van der Waals surface area contributed by atoms with Gasteiger partial charge < -0.3 is 5.11 Å². The van der Waals surface area contributed by atoms with Crippen LogP contribution in [-0.2, 0) is 0 Å². The van der Waals surface area contributed by atoms with Crippen LogP contribution in [0, 0.1) is 18.7 Å². The van der Waals surface area contributed by atoms with Crippen molar-refractivity contribution in [2.45, 2.75) is 44.6 Å². The lowest BCUT2D eigenvalue weighted by Crippen LogP contribution is -2.28. The third-order valence-corrected chi connectivity index (χ3v) is 3.68. The minimum atomic E-state index is -2.62. The summed E-state index contributed by atoms with van der Waals surface area (Å²) in [4.78, 5) is 0. The first-order valence-corrected chi connectivity index (χ1v) is 6.21. The normalized spacial score (nSPS) is 21.8. The van der Waals surface area contributed by atoms with Gasteiger partial charge in [0.15, 0.2) is 0 Å². The Hall–Kier alpha value is -1.03. The molecule has 0 aliphatic heterocycles. The molecule has 0 heterocycles. The lowest BCUT2D eigenvalue weighted by molar-refractivity contribution is -0.0630. The minimum Gasteiger partial charge on any atom is -0.388 e. The maximum atomic E-state index is 13.6. The molecule has 0 spiro atoms. The second-order valence-electron chi connectivity index (χ2n) is 5.16. The van der Waals surface area contributed by atoms with Gasteiger partial charge in [-0.2, -0.15) is 0 Å². The van der Waals surface area contributed by atoms with E-state index < -0.39 is 17.8 Å². The number of hydrogen-bond acceptors (Lipinski definition) is 1. The Labute approximate surface area is 105 Å². The van der Waals surface area contributed by atoms with E-state index in [1.54, 1.807) is 12.1 Å². The van der Waals surface area contributed by atoms with E-state index in [-0.39, 0.29) is 37.2 Å². The quantitative estimate of drug-likeness (QED) is 0.850. The molecule has 4 heteroatoms. The molecule has 1 unspecified atom stereocenters. The fourth-order valence-electron chi connectivity index (χ4n) is 2.52. The van der Waals surface area contributed by atoms with Gasteiger partial charge in [0.05, 0.1) is 6.10 Å². The van der Waals surface area contributed by atoms with Gasteiger partial charge in [0.2, 0.25) is 5.92 Å². The number of hydrogen-bond donors (Lipinski definition) is 1. The van der Waals surface area contributed by atoms with E-state index in [9.17, 15) is 18.3 Å². The van der Waals surface area contributed by atoms with E-state index >= 15 is 0 Å². The predicted molar refractivity (Wildman–Crippen MR) is 63.0 cm³/mol. The van der Waals surface area contributed by atoms with Crippen molar-refractivity contribution in [3.05, 3.63) is 35.1 Å². The number of aliphatic hydroxyl groups excluding tert-OH is 1. The van der Waals surface area contributed by atoms with Crippen LogP contribution in [0.3, 0.4) is 0 Å². The van der Waals surface area contributed by atoms with Gasteiger partial charge in [0.1, 0.15) is 5.82 Å². The Morgan fingerprint density at radius 1 is 1.28 bits per heavy atom. The molecule has 2 rings (SSSR count). The van der Waals surface area contributed by atoms with Crippen LogP contribution in [0.4, 0.5) is 13.2 Å². The summed E-state index contributed by atoms with van der Waals surface area (Å²) in [6, 6.07) is 4.53. The van der Waals surface area contributed by atoms with Crippen molar-refractivity contribution in [3.8, 4) is 0 Å². The number of alkyl halides is 2. The second kappa shape index (κ2) is 4.92. The van der Waals surface area contributed by atoms with Crippen LogP contribution >= 0.6 is 0 Å². The van der Waals surface area contributed by atoms with Gasteiger partial charge in [-0.25, -0.2) is 13.2 Å². The first-order chi connectivity index (χ1) is 8.39. The summed E-state index contributed by atoms with van der Waals surface area (Å²) in [6.45, 7) is 1.81. The van der Waals surface area contributed by atoms with Crippen LogP contribution < -0.4 is 0 Å². The number of aryl methyl sites for hydroxylation is 1. The lowest BCUT2D eigenvalue weighted by Gasteiger charge is -2.31. The highest BCUT2D eigenvalue weighted by atomic mass is 19.3. The van der Waals surface area contributed by atoms with Crippen molar-refractivity contribution >= 4 is 0 Å². The van der Waals surface area contributed by atoms with Crippen LogP contribution in [-0.4, -0.2) is 11.0 Å². The van der Waals surface area contributed by atoms with Crippen LogP contribution in [0.2, 0.25) is 0 Å². The Bertz CT molecular complexity index is 421. The molecule has 1 atom stereocenters. The third kappa shape index (κ3) is 2.86. The molecule has 0 radical (unpaired) electrons. The van der Waals surface area contributed by atoms with Gasteiger partial charge in [-0.15, -0.1) is 0 Å². The number of halogens is 3. The average molecular weight is 258 g/mol. The number of benzene rings is 1. The molecule has 0 aromatic heterocycles. The van der Waals surface area contributed by atoms with Gasteiger partial charge in [0.25, 0.3) is 0 Å². The van der Waals surface area contributed by atoms with Gasteiger partial charge in [-0.05, 0) is 31.7 Å². The van der Waals surface area contributed by atoms with E-state index in [1.807, 2.05) is 6.92 Å². The van der Waals surface area contributed by atoms with Gasteiger partial charge in [-0.3, -0.25) is 0 Å². The molecule has 1 aliphatic carbocycles. The molecule has 0 bridgehead atoms. The van der Waals surface area contributed by atoms with Crippen molar-refractivity contribution in [2.24, 2.45) is 5.92 Å². The molecule has 1 nitrogen and oxygen atoms in total. The average Bonchev–Trinajstić information content (AvgIpc) is 2.31. The maximum absolute atomic E-state index is 13.6. The van der Waals surface area contributed by atoms with Gasteiger partial charge >= 0.3 is 0 Å². The molecule has 100 valence electrons. The van der Waals surface area contributed by atoms with E-state index in [2.05, 4.69) is 0 Å². The summed E-state index contributed by atoms with van der Waals surface area (Å²) in [6.07, 6.45) is -0.950. The van der Waals surface area contributed by atoms with Crippen molar-refractivity contribution in [3.63, 3.8) is 0 Å². The zero-order valence-corrected chi connectivity index (χ0v) is 10.3. The first-order valence-electron chi connectivity index (χ1n) is 6.21. The summed E-state index contributed by atoms with van der Waals surface area (Å²) in [5.74, 6) is -3.37. The molecule has 1 saturated carbocycles. The third-order valence-electron chi connectivity index (χ3n) is 3.68. The fourth-order valence-corrected chi connectivity index (χ4v) is 2.52. The molecule has 1 aliphatic rings. The summed E-state index contributed by atoms with van der Waals surface area (Å²) in [7, 11) is 0. The maximum Gasteiger partial charge on any atom is 0.248 e. The highest BCUT2D eigenvalue weighted by molar-refractivity contribution is 5.26. The lowest BCUT2D eigenvalue weighted by atomic mass is 9.81. The molecule has 1 fully saturated rings. The predicted octanol–water partition coefficient (Wildman–Crippen LogP) is 3.99. The molecule has 0 saturated heterocycles. The highest BCUT2D eigenvalue weighted by Crippen LogP contribution is 2.41. The summed E-state index contributed by atoms with van der Waals surface area (Å²) in [5.41, 5.74) is 1.08. The Balaban J connectivity index is 2.12. The molecule has 1 aromatic rings. The topological polar surface area (TPSA) is 20.2 Å². The Morgan fingerprint density at radius 3 is 2.50 bits per heavy atom. The molecule has 1 aromatic carbocycles. The van der Waals surface area contributed by atoms with E-state index in [1.165, 1.54) is 6.07 Å². The Morgan fingerprint density at radius 2 is 1.89 bits per heavy atom. The minimum absolute atomic E-state index is 0.220. The molecular formula is C14H17F3O. The molecular weight excluding hydrogens is 241 g/mol. The SMILES string of the molecule is Cc1ccc(F)c(C(O)C2CCC(F)(F)CC2)c1. The summed E-state index contributed by atoms with van der Waals surface area (Å²) < 4.78 is 39.7. The van der Waals surface area contributed by atoms with Crippen LogP contribution in [0.15, 0.2) is 18.2 Å². The van der Waals surface area contributed by atoms with Gasteiger partial charge in [0, 0.05) is 18.4 Å². The molecule has 0 amide bonds. The Kier molecular flexibility index (Phi) is 3.66. The van der Waals surface area contributed by atoms with Crippen LogP contribution in [0.25, 0.3) is 0 Å². The van der Waals surface area contributed by atoms with E-state index in [0.717, 1.165) is 5.56 Å². The zero-order valence-electron chi connectivity index (χ0n) is 10.3. The summed E-state index contributed by atoms with van der Waals surface area (Å²) >= 11 is 0. The van der Waals surface area contributed by atoms with Crippen LogP contribution in [0.5, 0.6) is 0 Å². The van der Waals surface area contributed by atoms with E-state index in [0.29, 0.717) is 0 Å². The first kappa shape index (κ1) is 13.4. The standard InChI is InChI=1S/C14H17F3O/c1-9-2-3-12(15)11(8-9)13(18)10-4-6-14(16,17)7-5-10/h2-3,8,10,13,18H,4-7H2,1H3. The van der Waals surface area contributed by atoms with Crippen molar-refractivity contribution in [2.75, 3.05) is 0 Å². The summed E-state index contributed by atoms with van der Waals surface area (Å²) in [5, 5.41) is 10.1. The van der Waals surface area contributed by atoms with Crippen molar-refractivity contribution in [1.82, 2.24) is 0 Å². The highest BCUT2D eigenvalue weighted by Gasteiger charge is 2.38.